The van der Waals surface area contributed by atoms with E-state index in [0.717, 1.165) is 11.8 Å². The first-order valence-electron chi connectivity index (χ1n) is 8.84. The summed E-state index contributed by atoms with van der Waals surface area (Å²) in [6.07, 6.45) is 0.822. The van der Waals surface area contributed by atoms with Crippen LogP contribution in [0.5, 0.6) is 0 Å². The standard InChI is InChI=1S/C19H23FN2O4S/c1-14-7-8-16(26-14)13-21(2)19(23)15-9-11-22(12-10-15)27(24,25)18-6-4-3-5-17(18)20/h3-8,15H,9-13H2,1-2H3. The number of benzene rings is 1. The smallest absolute Gasteiger partial charge is 0.245 e. The summed E-state index contributed by atoms with van der Waals surface area (Å²) < 4.78 is 45.9. The van der Waals surface area contributed by atoms with Crippen molar-refractivity contribution in [2.24, 2.45) is 5.92 Å². The van der Waals surface area contributed by atoms with Crippen LogP contribution in [0.3, 0.4) is 0 Å². The normalized spacial score (nSPS) is 16.4. The molecule has 0 N–H and O–H groups in total. The van der Waals surface area contributed by atoms with Gasteiger partial charge in [-0.05, 0) is 44.0 Å². The van der Waals surface area contributed by atoms with Crippen molar-refractivity contribution in [2.75, 3.05) is 20.1 Å². The summed E-state index contributed by atoms with van der Waals surface area (Å²) >= 11 is 0. The lowest BCUT2D eigenvalue weighted by Gasteiger charge is -2.32. The fraction of sp³-hybridized carbons (Fsp3) is 0.421. The largest absolute Gasteiger partial charge is 0.464 e. The molecule has 6 nitrogen and oxygen atoms in total. The van der Waals surface area contributed by atoms with Crippen LogP contribution in [-0.4, -0.2) is 43.7 Å². The second kappa shape index (κ2) is 7.82. The van der Waals surface area contributed by atoms with Crippen LogP contribution in [0.4, 0.5) is 4.39 Å². The van der Waals surface area contributed by atoms with E-state index in [2.05, 4.69) is 0 Å². The highest BCUT2D eigenvalue weighted by Crippen LogP contribution is 2.26. The maximum Gasteiger partial charge on any atom is 0.245 e. The van der Waals surface area contributed by atoms with E-state index in [1.54, 1.807) is 11.9 Å². The Kier molecular flexibility index (Phi) is 5.67. The lowest BCUT2D eigenvalue weighted by molar-refractivity contribution is -0.136. The third-order valence-electron chi connectivity index (χ3n) is 4.82. The van der Waals surface area contributed by atoms with Crippen LogP contribution < -0.4 is 0 Å². The molecule has 1 fully saturated rings. The Hall–Kier alpha value is -2.19. The van der Waals surface area contributed by atoms with Crippen molar-refractivity contribution < 1.29 is 22.0 Å². The third kappa shape index (κ3) is 4.22. The Morgan fingerprint density at radius 1 is 1.22 bits per heavy atom. The van der Waals surface area contributed by atoms with Crippen LogP contribution in [0.15, 0.2) is 45.7 Å². The summed E-state index contributed by atoms with van der Waals surface area (Å²) in [7, 11) is -2.18. The van der Waals surface area contributed by atoms with Crippen molar-refractivity contribution in [2.45, 2.75) is 31.2 Å². The Labute approximate surface area is 158 Å². The van der Waals surface area contributed by atoms with Crippen LogP contribution in [0.1, 0.15) is 24.4 Å². The number of nitrogens with zero attached hydrogens (tertiary/aromatic N) is 2. The minimum absolute atomic E-state index is 0.0352. The van der Waals surface area contributed by atoms with Crippen molar-refractivity contribution in [1.82, 2.24) is 9.21 Å². The molecule has 2 aromatic rings. The van der Waals surface area contributed by atoms with Crippen molar-refractivity contribution >= 4 is 15.9 Å². The summed E-state index contributed by atoms with van der Waals surface area (Å²) in [6.45, 7) is 2.61. The van der Waals surface area contributed by atoms with E-state index in [1.165, 1.54) is 22.5 Å². The minimum Gasteiger partial charge on any atom is -0.464 e. The molecular formula is C19H23FN2O4S. The summed E-state index contributed by atoms with van der Waals surface area (Å²) in [5.41, 5.74) is 0. The molecule has 1 aromatic carbocycles. The summed E-state index contributed by atoms with van der Waals surface area (Å²) in [6, 6.07) is 9.03. The van der Waals surface area contributed by atoms with Gasteiger partial charge in [-0.3, -0.25) is 4.79 Å². The number of rotatable bonds is 5. The molecule has 146 valence electrons. The van der Waals surface area contributed by atoms with Gasteiger partial charge in [0.25, 0.3) is 0 Å². The molecule has 0 saturated carbocycles. The third-order valence-corrected chi connectivity index (χ3v) is 6.75. The Bertz CT molecular complexity index is 917. The highest BCUT2D eigenvalue weighted by atomic mass is 32.2. The van der Waals surface area contributed by atoms with E-state index in [4.69, 9.17) is 4.42 Å². The van der Waals surface area contributed by atoms with Gasteiger partial charge in [-0.25, -0.2) is 12.8 Å². The second-order valence-electron chi connectivity index (χ2n) is 6.82. The van der Waals surface area contributed by atoms with Crippen LogP contribution in [-0.2, 0) is 21.4 Å². The number of amides is 1. The maximum atomic E-state index is 13.9. The van der Waals surface area contributed by atoms with Crippen LogP contribution >= 0.6 is 0 Å². The zero-order valence-corrected chi connectivity index (χ0v) is 16.2. The van der Waals surface area contributed by atoms with Gasteiger partial charge in [0.1, 0.15) is 22.2 Å². The van der Waals surface area contributed by atoms with Gasteiger partial charge in [0, 0.05) is 26.1 Å². The van der Waals surface area contributed by atoms with E-state index in [9.17, 15) is 17.6 Å². The molecule has 0 spiro atoms. The summed E-state index contributed by atoms with van der Waals surface area (Å²) in [5.74, 6) is 0.453. The van der Waals surface area contributed by atoms with Gasteiger partial charge >= 0.3 is 0 Å². The number of carbonyl (C=O) groups is 1. The molecule has 8 heteroatoms. The Morgan fingerprint density at radius 3 is 2.48 bits per heavy atom. The van der Waals surface area contributed by atoms with Gasteiger partial charge in [0.05, 0.1) is 6.54 Å². The average molecular weight is 394 g/mol. The van der Waals surface area contributed by atoms with Gasteiger partial charge < -0.3 is 9.32 Å². The molecule has 0 aliphatic carbocycles. The minimum atomic E-state index is -3.89. The zero-order valence-electron chi connectivity index (χ0n) is 15.4. The van der Waals surface area contributed by atoms with Gasteiger partial charge in [0.15, 0.2) is 0 Å². The SMILES string of the molecule is Cc1ccc(CN(C)C(=O)C2CCN(S(=O)(=O)c3ccccc3F)CC2)o1. The van der Waals surface area contributed by atoms with E-state index in [1.807, 2.05) is 19.1 Å². The zero-order chi connectivity index (χ0) is 19.6. The molecule has 0 unspecified atom stereocenters. The molecule has 0 radical (unpaired) electrons. The topological polar surface area (TPSA) is 70.8 Å². The molecule has 2 heterocycles. The molecule has 3 rings (SSSR count). The highest BCUT2D eigenvalue weighted by Gasteiger charge is 2.34. The maximum absolute atomic E-state index is 13.9. The molecular weight excluding hydrogens is 371 g/mol. The van der Waals surface area contributed by atoms with E-state index in [-0.39, 0.29) is 29.8 Å². The van der Waals surface area contributed by atoms with Crippen LogP contribution in [0.25, 0.3) is 0 Å². The van der Waals surface area contributed by atoms with Gasteiger partial charge in [-0.15, -0.1) is 0 Å². The lowest BCUT2D eigenvalue weighted by Crippen LogP contribution is -2.43. The fourth-order valence-corrected chi connectivity index (χ4v) is 4.86. The highest BCUT2D eigenvalue weighted by molar-refractivity contribution is 7.89. The van der Waals surface area contributed by atoms with Gasteiger partial charge in [0.2, 0.25) is 15.9 Å². The van der Waals surface area contributed by atoms with Gasteiger partial charge in [-0.2, -0.15) is 4.31 Å². The van der Waals surface area contributed by atoms with E-state index >= 15 is 0 Å². The van der Waals surface area contributed by atoms with Crippen molar-refractivity contribution in [3.05, 3.63) is 53.7 Å². The molecule has 1 aromatic heterocycles. The monoisotopic (exact) mass is 394 g/mol. The lowest BCUT2D eigenvalue weighted by atomic mass is 9.96. The molecule has 1 aliphatic rings. The molecule has 0 atom stereocenters. The Morgan fingerprint density at radius 2 is 1.89 bits per heavy atom. The predicted molar refractivity (Wildman–Crippen MR) is 97.8 cm³/mol. The number of piperidine rings is 1. The summed E-state index contributed by atoms with van der Waals surface area (Å²) in [5, 5.41) is 0. The number of hydrogen-bond acceptors (Lipinski definition) is 4. The van der Waals surface area contributed by atoms with Crippen molar-refractivity contribution in [3.8, 4) is 0 Å². The molecule has 0 bridgehead atoms. The van der Waals surface area contributed by atoms with Crippen molar-refractivity contribution in [3.63, 3.8) is 0 Å². The molecule has 1 aliphatic heterocycles. The predicted octanol–water partition coefficient (Wildman–Crippen LogP) is 2.79. The number of aryl methyl sites for hydroxylation is 1. The number of carbonyl (C=O) groups excluding carboxylic acids is 1. The van der Waals surface area contributed by atoms with Crippen molar-refractivity contribution in [1.29, 1.82) is 0 Å². The number of furan rings is 1. The van der Waals surface area contributed by atoms with Gasteiger partial charge in [-0.1, -0.05) is 12.1 Å². The fourth-order valence-electron chi connectivity index (χ4n) is 3.33. The molecule has 1 amide bonds. The first-order valence-corrected chi connectivity index (χ1v) is 10.3. The van der Waals surface area contributed by atoms with E-state index < -0.39 is 15.8 Å². The number of hydrogen-bond donors (Lipinski definition) is 0. The van der Waals surface area contributed by atoms with Crippen LogP contribution in [0.2, 0.25) is 0 Å². The first-order chi connectivity index (χ1) is 12.8. The first kappa shape index (κ1) is 19.6. The van der Waals surface area contributed by atoms with Crippen LogP contribution in [0, 0.1) is 18.7 Å². The number of sulfonamides is 1. The van der Waals surface area contributed by atoms with E-state index in [0.29, 0.717) is 25.1 Å². The molecule has 1 saturated heterocycles. The average Bonchev–Trinajstić information content (AvgIpc) is 3.06. The molecule has 27 heavy (non-hydrogen) atoms. The quantitative estimate of drug-likeness (QED) is 0.782. The second-order valence-corrected chi connectivity index (χ2v) is 8.72. The Balaban J connectivity index is 1.61. The summed E-state index contributed by atoms with van der Waals surface area (Å²) in [4.78, 5) is 13.9. The number of halogens is 1.